The molecule has 0 aliphatic heterocycles. The SMILES string of the molecule is CCCN(c1ccc(C(=O)O)cc1)c1cc(C(C)(C)C)cc(C(C)(C)C)c1. The average molecular weight is 368 g/mol. The second kappa shape index (κ2) is 7.75. The Kier molecular flexibility index (Phi) is 6.04. The van der Waals surface area contributed by atoms with Crippen LogP contribution in [0.25, 0.3) is 0 Å². The van der Waals surface area contributed by atoms with Gasteiger partial charge in [0.15, 0.2) is 0 Å². The summed E-state index contributed by atoms with van der Waals surface area (Å²) in [7, 11) is 0. The summed E-state index contributed by atoms with van der Waals surface area (Å²) in [4.78, 5) is 13.5. The number of rotatable bonds is 5. The highest BCUT2D eigenvalue weighted by atomic mass is 16.4. The molecule has 0 aliphatic carbocycles. The number of carboxylic acid groups (broad SMARTS) is 1. The normalized spacial score (nSPS) is 12.1. The van der Waals surface area contributed by atoms with Gasteiger partial charge in [0.25, 0.3) is 0 Å². The number of carbonyl (C=O) groups is 1. The first kappa shape index (κ1) is 21.0. The van der Waals surface area contributed by atoms with E-state index in [4.69, 9.17) is 0 Å². The zero-order valence-electron chi connectivity index (χ0n) is 17.8. The number of hydrogen-bond acceptors (Lipinski definition) is 2. The molecule has 0 radical (unpaired) electrons. The predicted octanol–water partition coefficient (Wildman–Crippen LogP) is 6.53. The quantitative estimate of drug-likeness (QED) is 0.653. The topological polar surface area (TPSA) is 40.5 Å². The van der Waals surface area contributed by atoms with Crippen LogP contribution in [-0.2, 0) is 10.8 Å². The maximum absolute atomic E-state index is 11.2. The van der Waals surface area contributed by atoms with Crippen molar-refractivity contribution < 1.29 is 9.90 Å². The van der Waals surface area contributed by atoms with Crippen molar-refractivity contribution in [1.29, 1.82) is 0 Å². The molecule has 0 saturated carbocycles. The summed E-state index contributed by atoms with van der Waals surface area (Å²) in [6, 6.07) is 14.0. The van der Waals surface area contributed by atoms with E-state index in [0.29, 0.717) is 5.56 Å². The van der Waals surface area contributed by atoms with Gasteiger partial charge in [0.2, 0.25) is 0 Å². The van der Waals surface area contributed by atoms with E-state index in [1.165, 1.54) is 11.1 Å². The summed E-state index contributed by atoms with van der Waals surface area (Å²) in [6.45, 7) is 16.5. The Morgan fingerprint density at radius 3 is 1.70 bits per heavy atom. The lowest BCUT2D eigenvalue weighted by Gasteiger charge is -2.31. The summed E-state index contributed by atoms with van der Waals surface area (Å²) in [5, 5.41) is 9.17. The Labute approximate surface area is 164 Å². The molecule has 0 saturated heterocycles. The van der Waals surface area contributed by atoms with Gasteiger partial charge < -0.3 is 10.0 Å². The highest BCUT2D eigenvalue weighted by molar-refractivity contribution is 5.88. The Bertz CT molecular complexity index is 760. The molecule has 0 unspecified atom stereocenters. The zero-order chi connectivity index (χ0) is 20.4. The Balaban J connectivity index is 2.60. The molecule has 2 rings (SSSR count). The van der Waals surface area contributed by atoms with E-state index < -0.39 is 5.97 Å². The molecule has 0 fully saturated rings. The average Bonchev–Trinajstić information content (AvgIpc) is 2.58. The van der Waals surface area contributed by atoms with Crippen molar-refractivity contribution in [2.45, 2.75) is 65.7 Å². The van der Waals surface area contributed by atoms with Gasteiger partial charge in [0.1, 0.15) is 0 Å². The summed E-state index contributed by atoms with van der Waals surface area (Å²) in [5.74, 6) is -0.895. The van der Waals surface area contributed by atoms with Crippen LogP contribution in [0, 0.1) is 0 Å². The van der Waals surface area contributed by atoms with Crippen LogP contribution in [0.5, 0.6) is 0 Å². The van der Waals surface area contributed by atoms with E-state index in [1.807, 2.05) is 12.1 Å². The Morgan fingerprint density at radius 1 is 0.852 bits per heavy atom. The first-order valence-corrected chi connectivity index (χ1v) is 9.70. The van der Waals surface area contributed by atoms with Gasteiger partial charge in [-0.1, -0.05) is 54.5 Å². The van der Waals surface area contributed by atoms with Crippen LogP contribution in [-0.4, -0.2) is 17.6 Å². The van der Waals surface area contributed by atoms with Crippen molar-refractivity contribution in [3.8, 4) is 0 Å². The smallest absolute Gasteiger partial charge is 0.335 e. The van der Waals surface area contributed by atoms with Gasteiger partial charge in [-0.3, -0.25) is 0 Å². The van der Waals surface area contributed by atoms with Crippen molar-refractivity contribution in [1.82, 2.24) is 0 Å². The molecule has 2 aromatic rings. The minimum atomic E-state index is -0.895. The third-order valence-corrected chi connectivity index (χ3v) is 4.83. The fraction of sp³-hybridized carbons (Fsp3) is 0.458. The van der Waals surface area contributed by atoms with Crippen LogP contribution in [0.4, 0.5) is 11.4 Å². The highest BCUT2D eigenvalue weighted by Crippen LogP contribution is 2.36. The summed E-state index contributed by atoms with van der Waals surface area (Å²) < 4.78 is 0. The molecule has 0 heterocycles. The van der Waals surface area contributed by atoms with E-state index in [2.05, 4.69) is 71.6 Å². The molecule has 0 amide bonds. The monoisotopic (exact) mass is 367 g/mol. The molecule has 146 valence electrons. The number of carboxylic acids is 1. The Hall–Kier alpha value is -2.29. The van der Waals surface area contributed by atoms with E-state index in [9.17, 15) is 9.90 Å². The van der Waals surface area contributed by atoms with Crippen molar-refractivity contribution in [2.75, 3.05) is 11.4 Å². The first-order valence-electron chi connectivity index (χ1n) is 9.70. The Morgan fingerprint density at radius 2 is 1.33 bits per heavy atom. The summed E-state index contributed by atoms with van der Waals surface area (Å²) in [5.41, 5.74) is 5.24. The van der Waals surface area contributed by atoms with Crippen LogP contribution >= 0.6 is 0 Å². The van der Waals surface area contributed by atoms with Crippen molar-refractivity contribution >= 4 is 17.3 Å². The lowest BCUT2D eigenvalue weighted by atomic mass is 9.80. The molecule has 0 atom stereocenters. The molecule has 0 aliphatic rings. The van der Waals surface area contributed by atoms with Crippen LogP contribution in [0.1, 0.15) is 76.4 Å². The van der Waals surface area contributed by atoms with Gasteiger partial charge in [-0.2, -0.15) is 0 Å². The maximum Gasteiger partial charge on any atom is 0.335 e. The first-order chi connectivity index (χ1) is 12.4. The highest BCUT2D eigenvalue weighted by Gasteiger charge is 2.22. The molecule has 0 bridgehead atoms. The molecule has 1 N–H and O–H groups in total. The molecule has 0 spiro atoms. The fourth-order valence-electron chi connectivity index (χ4n) is 3.05. The van der Waals surface area contributed by atoms with Crippen LogP contribution < -0.4 is 4.90 Å². The minimum Gasteiger partial charge on any atom is -0.478 e. The van der Waals surface area contributed by atoms with E-state index in [-0.39, 0.29) is 10.8 Å². The van der Waals surface area contributed by atoms with E-state index in [1.54, 1.807) is 12.1 Å². The molecule has 3 heteroatoms. The summed E-state index contributed by atoms with van der Waals surface area (Å²) >= 11 is 0. The molecule has 2 aromatic carbocycles. The predicted molar refractivity (Wildman–Crippen MR) is 115 cm³/mol. The molecule has 3 nitrogen and oxygen atoms in total. The third-order valence-electron chi connectivity index (χ3n) is 4.83. The lowest BCUT2D eigenvalue weighted by Crippen LogP contribution is -2.22. The summed E-state index contributed by atoms with van der Waals surface area (Å²) in [6.07, 6.45) is 1.01. The number of nitrogens with zero attached hydrogens (tertiary/aromatic N) is 1. The fourth-order valence-corrected chi connectivity index (χ4v) is 3.05. The number of hydrogen-bond donors (Lipinski definition) is 1. The van der Waals surface area contributed by atoms with Gasteiger partial charge in [0, 0.05) is 17.9 Å². The largest absolute Gasteiger partial charge is 0.478 e. The van der Waals surface area contributed by atoms with Crippen molar-refractivity contribution in [2.24, 2.45) is 0 Å². The number of benzene rings is 2. The van der Waals surface area contributed by atoms with Gasteiger partial charge >= 0.3 is 5.97 Å². The maximum atomic E-state index is 11.2. The van der Waals surface area contributed by atoms with E-state index in [0.717, 1.165) is 24.3 Å². The number of aromatic carboxylic acids is 1. The molecule has 0 aromatic heterocycles. The second-order valence-corrected chi connectivity index (χ2v) is 9.27. The molecular formula is C24H33NO2. The number of anilines is 2. The van der Waals surface area contributed by atoms with Crippen molar-refractivity contribution in [3.05, 3.63) is 59.2 Å². The molecule has 27 heavy (non-hydrogen) atoms. The van der Waals surface area contributed by atoms with Crippen LogP contribution in [0.15, 0.2) is 42.5 Å². The van der Waals surface area contributed by atoms with E-state index >= 15 is 0 Å². The van der Waals surface area contributed by atoms with Crippen LogP contribution in [0.3, 0.4) is 0 Å². The van der Waals surface area contributed by atoms with Gasteiger partial charge in [0.05, 0.1) is 5.56 Å². The standard InChI is InChI=1S/C24H33NO2/c1-8-13-25(20-11-9-17(10-12-20)22(26)27)21-15-18(23(2,3)4)14-19(16-21)24(5,6)7/h9-12,14-16H,8,13H2,1-7H3,(H,26,27). The van der Waals surface area contributed by atoms with Gasteiger partial charge in [-0.25, -0.2) is 4.79 Å². The lowest BCUT2D eigenvalue weighted by molar-refractivity contribution is 0.0697. The van der Waals surface area contributed by atoms with Gasteiger partial charge in [-0.15, -0.1) is 0 Å². The third kappa shape index (κ3) is 5.12. The van der Waals surface area contributed by atoms with Crippen LogP contribution in [0.2, 0.25) is 0 Å². The van der Waals surface area contributed by atoms with Gasteiger partial charge in [-0.05, 0) is 64.8 Å². The minimum absolute atomic E-state index is 0.0566. The second-order valence-electron chi connectivity index (χ2n) is 9.27. The zero-order valence-corrected chi connectivity index (χ0v) is 17.8. The molecular weight excluding hydrogens is 334 g/mol. The van der Waals surface area contributed by atoms with Crippen molar-refractivity contribution in [3.63, 3.8) is 0 Å².